The Bertz CT molecular complexity index is 145. The average Bonchev–Trinajstić information content (AvgIpc) is 2.09. The summed E-state index contributed by atoms with van der Waals surface area (Å²) in [7, 11) is 2.15. The van der Waals surface area contributed by atoms with Gasteiger partial charge in [-0.05, 0) is 40.0 Å². The molecule has 0 aliphatic rings. The van der Waals surface area contributed by atoms with Gasteiger partial charge in [0, 0.05) is 18.3 Å². The molecule has 0 aliphatic carbocycles. The summed E-state index contributed by atoms with van der Waals surface area (Å²) in [5, 5.41) is 9.62. The lowest BCUT2D eigenvalue weighted by Crippen LogP contribution is -2.37. The van der Waals surface area contributed by atoms with Crippen LogP contribution in [-0.2, 0) is 0 Å². The highest BCUT2D eigenvalue weighted by molar-refractivity contribution is 7.98. The molecular formula is C11H25NOS. The highest BCUT2D eigenvalue weighted by atomic mass is 32.2. The van der Waals surface area contributed by atoms with Crippen molar-refractivity contribution < 1.29 is 5.11 Å². The highest BCUT2D eigenvalue weighted by Crippen LogP contribution is 2.12. The van der Waals surface area contributed by atoms with Gasteiger partial charge in [0.05, 0.1) is 5.60 Å². The molecule has 0 aromatic carbocycles. The molecule has 0 fully saturated rings. The van der Waals surface area contributed by atoms with Crippen molar-refractivity contribution in [3.8, 4) is 0 Å². The third-order valence-corrected chi connectivity index (χ3v) is 3.25. The van der Waals surface area contributed by atoms with Crippen LogP contribution in [0.4, 0.5) is 0 Å². The van der Waals surface area contributed by atoms with Crippen LogP contribution in [0.2, 0.25) is 0 Å². The van der Waals surface area contributed by atoms with Crippen molar-refractivity contribution in [2.45, 2.75) is 45.3 Å². The van der Waals surface area contributed by atoms with E-state index in [0.29, 0.717) is 6.04 Å². The summed E-state index contributed by atoms with van der Waals surface area (Å²) in [4.78, 5) is 2.36. The summed E-state index contributed by atoms with van der Waals surface area (Å²) in [6.45, 7) is 6.94. The largest absolute Gasteiger partial charge is 0.390 e. The van der Waals surface area contributed by atoms with Gasteiger partial charge in [0.2, 0.25) is 0 Å². The van der Waals surface area contributed by atoms with Crippen LogP contribution >= 0.6 is 11.8 Å². The van der Waals surface area contributed by atoms with Crippen LogP contribution in [-0.4, -0.2) is 47.3 Å². The summed E-state index contributed by atoms with van der Waals surface area (Å²) >= 11 is 1.89. The first-order valence-electron chi connectivity index (χ1n) is 5.32. The Balaban J connectivity index is 3.85. The average molecular weight is 219 g/mol. The Morgan fingerprint density at radius 1 is 1.43 bits per heavy atom. The SMILES string of the molecule is CCC(CSC)N(C)CCC(C)(C)O. The van der Waals surface area contributed by atoms with Crippen LogP contribution in [0.15, 0.2) is 0 Å². The van der Waals surface area contributed by atoms with E-state index in [1.807, 2.05) is 25.6 Å². The van der Waals surface area contributed by atoms with Gasteiger partial charge in [-0.25, -0.2) is 0 Å². The van der Waals surface area contributed by atoms with Crippen LogP contribution in [0.1, 0.15) is 33.6 Å². The molecule has 0 saturated heterocycles. The Labute approximate surface area is 93.1 Å². The van der Waals surface area contributed by atoms with Crippen molar-refractivity contribution in [2.24, 2.45) is 0 Å². The van der Waals surface area contributed by atoms with Gasteiger partial charge in [-0.3, -0.25) is 0 Å². The molecular weight excluding hydrogens is 194 g/mol. The molecule has 0 bridgehead atoms. The molecule has 0 rings (SSSR count). The van der Waals surface area contributed by atoms with Gasteiger partial charge >= 0.3 is 0 Å². The second-order valence-electron chi connectivity index (χ2n) is 4.56. The third-order valence-electron chi connectivity index (χ3n) is 2.53. The first kappa shape index (κ1) is 14.3. The van der Waals surface area contributed by atoms with E-state index < -0.39 is 5.60 Å². The highest BCUT2D eigenvalue weighted by Gasteiger charge is 2.17. The quantitative estimate of drug-likeness (QED) is 0.710. The minimum Gasteiger partial charge on any atom is -0.390 e. The van der Waals surface area contributed by atoms with Gasteiger partial charge in [0.1, 0.15) is 0 Å². The molecule has 2 nitrogen and oxygen atoms in total. The van der Waals surface area contributed by atoms with Gasteiger partial charge in [0.25, 0.3) is 0 Å². The smallest absolute Gasteiger partial charge is 0.0603 e. The van der Waals surface area contributed by atoms with Gasteiger partial charge < -0.3 is 10.0 Å². The van der Waals surface area contributed by atoms with E-state index in [4.69, 9.17) is 0 Å². The van der Waals surface area contributed by atoms with E-state index in [0.717, 1.165) is 13.0 Å². The van der Waals surface area contributed by atoms with E-state index in [1.165, 1.54) is 12.2 Å². The monoisotopic (exact) mass is 219 g/mol. The van der Waals surface area contributed by atoms with Gasteiger partial charge in [-0.2, -0.15) is 11.8 Å². The van der Waals surface area contributed by atoms with Crippen LogP contribution in [0.3, 0.4) is 0 Å². The maximum atomic E-state index is 9.62. The Hall–Kier alpha value is 0.270. The lowest BCUT2D eigenvalue weighted by molar-refractivity contribution is 0.0566. The van der Waals surface area contributed by atoms with Crippen LogP contribution < -0.4 is 0 Å². The minimum absolute atomic E-state index is 0.536. The Morgan fingerprint density at radius 2 is 2.00 bits per heavy atom. The number of hydrogen-bond acceptors (Lipinski definition) is 3. The molecule has 0 aromatic heterocycles. The van der Waals surface area contributed by atoms with Crippen molar-refractivity contribution >= 4 is 11.8 Å². The van der Waals surface area contributed by atoms with Crippen molar-refractivity contribution in [2.75, 3.05) is 25.6 Å². The zero-order chi connectivity index (χ0) is 11.2. The van der Waals surface area contributed by atoms with Crippen LogP contribution in [0.5, 0.6) is 0 Å². The minimum atomic E-state index is -0.536. The zero-order valence-electron chi connectivity index (χ0n) is 10.2. The number of thioether (sulfide) groups is 1. The van der Waals surface area contributed by atoms with Gasteiger partial charge in [-0.1, -0.05) is 6.92 Å². The molecule has 0 amide bonds. The Morgan fingerprint density at radius 3 is 2.36 bits per heavy atom. The number of aliphatic hydroxyl groups is 1. The van der Waals surface area contributed by atoms with Crippen molar-refractivity contribution in [3.05, 3.63) is 0 Å². The summed E-state index contributed by atoms with van der Waals surface area (Å²) < 4.78 is 0. The molecule has 0 aromatic rings. The first-order chi connectivity index (χ1) is 6.40. The summed E-state index contributed by atoms with van der Waals surface area (Å²) in [6, 6.07) is 0.646. The second kappa shape index (κ2) is 6.70. The first-order valence-corrected chi connectivity index (χ1v) is 6.71. The molecule has 1 atom stereocenters. The fourth-order valence-electron chi connectivity index (χ4n) is 1.38. The zero-order valence-corrected chi connectivity index (χ0v) is 11.0. The number of rotatable bonds is 7. The number of hydrogen-bond donors (Lipinski definition) is 1. The van der Waals surface area contributed by atoms with Gasteiger partial charge in [0.15, 0.2) is 0 Å². The third kappa shape index (κ3) is 6.68. The molecule has 14 heavy (non-hydrogen) atoms. The molecule has 1 N–H and O–H groups in total. The maximum absolute atomic E-state index is 9.62. The van der Waals surface area contributed by atoms with E-state index in [1.54, 1.807) is 0 Å². The van der Waals surface area contributed by atoms with Crippen molar-refractivity contribution in [1.29, 1.82) is 0 Å². The standard InChI is InChI=1S/C11H25NOS/c1-6-10(9-14-5)12(4)8-7-11(2,3)13/h10,13H,6-9H2,1-5H3. The summed E-state index contributed by atoms with van der Waals surface area (Å²) in [6.07, 6.45) is 4.17. The molecule has 3 heteroatoms. The van der Waals surface area contributed by atoms with Crippen LogP contribution in [0.25, 0.3) is 0 Å². The molecule has 0 spiro atoms. The summed E-state index contributed by atoms with van der Waals surface area (Å²) in [5.41, 5.74) is -0.536. The van der Waals surface area contributed by atoms with E-state index in [-0.39, 0.29) is 0 Å². The summed E-state index contributed by atoms with van der Waals surface area (Å²) in [5.74, 6) is 1.18. The predicted molar refractivity (Wildman–Crippen MR) is 66.0 cm³/mol. The van der Waals surface area contributed by atoms with Crippen molar-refractivity contribution in [3.63, 3.8) is 0 Å². The molecule has 0 saturated carbocycles. The normalized spacial score (nSPS) is 14.8. The maximum Gasteiger partial charge on any atom is 0.0603 e. The molecule has 86 valence electrons. The lowest BCUT2D eigenvalue weighted by atomic mass is 10.1. The second-order valence-corrected chi connectivity index (χ2v) is 5.47. The fourth-order valence-corrected chi connectivity index (χ4v) is 2.26. The lowest BCUT2D eigenvalue weighted by Gasteiger charge is -2.29. The fraction of sp³-hybridized carbons (Fsp3) is 1.00. The Kier molecular flexibility index (Phi) is 6.83. The van der Waals surface area contributed by atoms with Crippen LogP contribution in [0, 0.1) is 0 Å². The van der Waals surface area contributed by atoms with Gasteiger partial charge in [-0.15, -0.1) is 0 Å². The molecule has 0 aliphatic heterocycles. The van der Waals surface area contributed by atoms with Crippen molar-refractivity contribution in [1.82, 2.24) is 4.90 Å². The number of nitrogens with zero attached hydrogens (tertiary/aromatic N) is 1. The molecule has 0 heterocycles. The topological polar surface area (TPSA) is 23.5 Å². The van der Waals surface area contributed by atoms with E-state index in [9.17, 15) is 5.11 Å². The van der Waals surface area contributed by atoms with E-state index >= 15 is 0 Å². The molecule has 1 unspecified atom stereocenters. The predicted octanol–water partition coefficient (Wildman–Crippen LogP) is 2.22. The van der Waals surface area contributed by atoms with E-state index in [2.05, 4.69) is 25.1 Å². The molecule has 0 radical (unpaired) electrons.